The van der Waals surface area contributed by atoms with E-state index in [2.05, 4.69) is 5.32 Å². The standard InChI is InChI=1S/C17H29NO10/c1-6-12(22)9(4-19)17(27-14(6)16(24)25)28-15-10(5-20)26-7(2)11(13(15)23)18-8(3)21/h6-7,9-15,17,19-20,22-23H,4-5H2,1-3H3,(H,18,21)(H,24,25). The van der Waals surface area contributed by atoms with Crippen molar-refractivity contribution in [2.24, 2.45) is 11.8 Å². The Hall–Kier alpha value is -1.34. The topological polar surface area (TPSA) is 175 Å². The molecule has 28 heavy (non-hydrogen) atoms. The molecule has 2 aliphatic rings. The van der Waals surface area contributed by atoms with E-state index in [-0.39, 0.29) is 0 Å². The Morgan fingerprint density at radius 3 is 2.21 bits per heavy atom. The molecule has 162 valence electrons. The van der Waals surface area contributed by atoms with Crippen LogP contribution in [-0.2, 0) is 23.8 Å². The third-order valence-corrected chi connectivity index (χ3v) is 5.35. The highest BCUT2D eigenvalue weighted by molar-refractivity contribution is 5.73. The van der Waals surface area contributed by atoms with Gasteiger partial charge in [0, 0.05) is 12.8 Å². The van der Waals surface area contributed by atoms with E-state index in [4.69, 9.17) is 14.2 Å². The Bertz CT molecular complexity index is 560. The molecule has 10 atom stereocenters. The molecule has 2 fully saturated rings. The maximum atomic E-state index is 11.4. The fraction of sp³-hybridized carbons (Fsp3) is 0.882. The van der Waals surface area contributed by atoms with Crippen LogP contribution in [0.4, 0.5) is 0 Å². The van der Waals surface area contributed by atoms with Gasteiger partial charge in [-0.3, -0.25) is 4.79 Å². The Kier molecular flexibility index (Phi) is 7.73. The summed E-state index contributed by atoms with van der Waals surface area (Å²) in [5.41, 5.74) is 0. The number of aliphatic hydroxyl groups excluding tert-OH is 4. The van der Waals surface area contributed by atoms with Gasteiger partial charge in [0.25, 0.3) is 0 Å². The van der Waals surface area contributed by atoms with Crippen LogP contribution in [-0.4, -0.2) is 99.6 Å². The molecule has 6 N–H and O–H groups in total. The number of carbonyl (C=O) groups excluding carboxylic acids is 1. The molecule has 10 unspecified atom stereocenters. The van der Waals surface area contributed by atoms with Crippen molar-refractivity contribution in [2.45, 2.75) is 69.7 Å². The number of hydrogen-bond donors (Lipinski definition) is 6. The lowest BCUT2D eigenvalue weighted by molar-refractivity contribution is -0.315. The van der Waals surface area contributed by atoms with Crippen molar-refractivity contribution in [1.29, 1.82) is 0 Å². The molecule has 11 nitrogen and oxygen atoms in total. The van der Waals surface area contributed by atoms with Gasteiger partial charge in [-0.2, -0.15) is 0 Å². The van der Waals surface area contributed by atoms with Gasteiger partial charge in [0.2, 0.25) is 5.91 Å². The summed E-state index contributed by atoms with van der Waals surface area (Å²) in [5.74, 6) is -3.49. The first-order chi connectivity index (χ1) is 13.1. The largest absolute Gasteiger partial charge is 0.479 e. The molecular formula is C17H29NO10. The van der Waals surface area contributed by atoms with Crippen molar-refractivity contribution >= 4 is 11.9 Å². The fourth-order valence-electron chi connectivity index (χ4n) is 3.76. The van der Waals surface area contributed by atoms with Gasteiger partial charge in [0.15, 0.2) is 12.4 Å². The third kappa shape index (κ3) is 4.62. The lowest BCUT2D eigenvalue weighted by Crippen LogP contribution is -2.65. The molecule has 0 aromatic carbocycles. The molecule has 0 aromatic heterocycles. The van der Waals surface area contributed by atoms with Crippen LogP contribution in [0.2, 0.25) is 0 Å². The van der Waals surface area contributed by atoms with Gasteiger partial charge in [-0.05, 0) is 6.92 Å². The first-order valence-electron chi connectivity index (χ1n) is 9.16. The van der Waals surface area contributed by atoms with Crippen LogP contribution in [0.25, 0.3) is 0 Å². The summed E-state index contributed by atoms with van der Waals surface area (Å²) < 4.78 is 16.8. The van der Waals surface area contributed by atoms with Crippen molar-refractivity contribution in [3.05, 3.63) is 0 Å². The van der Waals surface area contributed by atoms with Crippen LogP contribution in [0.5, 0.6) is 0 Å². The number of hydrogen-bond acceptors (Lipinski definition) is 9. The molecular weight excluding hydrogens is 378 g/mol. The third-order valence-electron chi connectivity index (χ3n) is 5.35. The predicted octanol–water partition coefficient (Wildman–Crippen LogP) is -2.57. The second-order valence-electron chi connectivity index (χ2n) is 7.34. The molecule has 1 amide bonds. The molecule has 2 rings (SSSR count). The van der Waals surface area contributed by atoms with Gasteiger partial charge >= 0.3 is 5.97 Å². The number of carboxylic acid groups (broad SMARTS) is 1. The van der Waals surface area contributed by atoms with Crippen molar-refractivity contribution in [3.63, 3.8) is 0 Å². The van der Waals surface area contributed by atoms with Crippen molar-refractivity contribution < 1.29 is 49.3 Å². The number of aliphatic carboxylic acids is 1. The fourth-order valence-corrected chi connectivity index (χ4v) is 3.76. The summed E-state index contributed by atoms with van der Waals surface area (Å²) in [6.07, 6.45) is -8.13. The molecule has 0 spiro atoms. The summed E-state index contributed by atoms with van der Waals surface area (Å²) in [5, 5.41) is 52.2. The van der Waals surface area contributed by atoms with Crippen molar-refractivity contribution in [2.75, 3.05) is 13.2 Å². The SMILES string of the molecule is CC(=O)NC1C(C)OC(CO)C(OC2OC(C(=O)O)C(C)C(O)C2CO)C1O. The zero-order chi connectivity index (χ0) is 21.2. The zero-order valence-electron chi connectivity index (χ0n) is 16.0. The number of aliphatic hydroxyl groups is 4. The summed E-state index contributed by atoms with van der Waals surface area (Å²) >= 11 is 0. The van der Waals surface area contributed by atoms with E-state index >= 15 is 0 Å². The van der Waals surface area contributed by atoms with Crippen LogP contribution in [0, 0.1) is 11.8 Å². The van der Waals surface area contributed by atoms with Crippen molar-refractivity contribution in [3.8, 4) is 0 Å². The second-order valence-corrected chi connectivity index (χ2v) is 7.34. The molecule has 11 heteroatoms. The lowest BCUT2D eigenvalue weighted by Gasteiger charge is -2.47. The quantitative estimate of drug-likeness (QED) is 0.274. The monoisotopic (exact) mass is 407 g/mol. The minimum atomic E-state index is -1.39. The normalized spacial score (nSPS) is 44.1. The van der Waals surface area contributed by atoms with Gasteiger partial charge in [0.05, 0.1) is 37.4 Å². The second kappa shape index (κ2) is 9.44. The molecule has 0 saturated carbocycles. The smallest absolute Gasteiger partial charge is 0.333 e. The van der Waals surface area contributed by atoms with E-state index in [1.165, 1.54) is 13.8 Å². The maximum absolute atomic E-state index is 11.4. The summed E-state index contributed by atoms with van der Waals surface area (Å²) in [4.78, 5) is 22.9. The van der Waals surface area contributed by atoms with Gasteiger partial charge in [0.1, 0.15) is 18.3 Å². The Morgan fingerprint density at radius 2 is 1.71 bits per heavy atom. The van der Waals surface area contributed by atoms with Crippen LogP contribution >= 0.6 is 0 Å². The van der Waals surface area contributed by atoms with Gasteiger partial charge in [-0.25, -0.2) is 4.79 Å². The number of amides is 1. The molecule has 0 aliphatic carbocycles. The lowest BCUT2D eigenvalue weighted by atomic mass is 9.85. The molecule has 0 bridgehead atoms. The Labute approximate surface area is 162 Å². The first kappa shape index (κ1) is 22.9. The highest BCUT2D eigenvalue weighted by Crippen LogP contribution is 2.34. The number of ether oxygens (including phenoxy) is 3. The summed E-state index contributed by atoms with van der Waals surface area (Å²) in [7, 11) is 0. The van der Waals surface area contributed by atoms with Crippen molar-refractivity contribution in [1.82, 2.24) is 5.32 Å². The molecule has 0 radical (unpaired) electrons. The first-order valence-corrected chi connectivity index (χ1v) is 9.16. The molecule has 2 saturated heterocycles. The van der Waals surface area contributed by atoms with Crippen LogP contribution in [0.15, 0.2) is 0 Å². The Morgan fingerprint density at radius 1 is 1.07 bits per heavy atom. The number of carbonyl (C=O) groups is 2. The molecule has 0 aromatic rings. The van der Waals surface area contributed by atoms with E-state index in [1.807, 2.05) is 0 Å². The molecule has 2 aliphatic heterocycles. The van der Waals surface area contributed by atoms with E-state index in [0.717, 1.165) is 0 Å². The average Bonchev–Trinajstić information content (AvgIpc) is 2.63. The van der Waals surface area contributed by atoms with E-state index in [1.54, 1.807) is 6.92 Å². The number of rotatable bonds is 6. The molecule has 2 heterocycles. The van der Waals surface area contributed by atoms with Crippen LogP contribution < -0.4 is 5.32 Å². The summed E-state index contributed by atoms with van der Waals surface area (Å²) in [6.45, 7) is 3.29. The number of carboxylic acids is 1. The zero-order valence-corrected chi connectivity index (χ0v) is 16.0. The van der Waals surface area contributed by atoms with E-state index < -0.39 is 85.9 Å². The maximum Gasteiger partial charge on any atom is 0.333 e. The highest BCUT2D eigenvalue weighted by atomic mass is 16.7. The summed E-state index contributed by atoms with van der Waals surface area (Å²) in [6, 6.07) is -0.847. The Balaban J connectivity index is 2.25. The van der Waals surface area contributed by atoms with E-state index in [9.17, 15) is 35.1 Å². The van der Waals surface area contributed by atoms with Crippen LogP contribution in [0.3, 0.4) is 0 Å². The minimum absolute atomic E-state index is 0.405. The average molecular weight is 407 g/mol. The predicted molar refractivity (Wildman–Crippen MR) is 91.9 cm³/mol. The highest BCUT2D eigenvalue weighted by Gasteiger charge is 2.51. The van der Waals surface area contributed by atoms with Crippen LogP contribution in [0.1, 0.15) is 20.8 Å². The number of nitrogens with one attached hydrogen (secondary N) is 1. The minimum Gasteiger partial charge on any atom is -0.479 e. The van der Waals surface area contributed by atoms with E-state index in [0.29, 0.717) is 0 Å². The van der Waals surface area contributed by atoms with Gasteiger partial charge in [-0.1, -0.05) is 6.92 Å². The van der Waals surface area contributed by atoms with Gasteiger partial charge in [-0.15, -0.1) is 0 Å². The van der Waals surface area contributed by atoms with Gasteiger partial charge < -0.3 is 45.1 Å².